The van der Waals surface area contributed by atoms with Gasteiger partial charge >= 0.3 is 21.1 Å². The number of nitrogens with zero attached hydrogens (tertiary/aromatic N) is 4. The Hall–Kier alpha value is -9.02. The number of aromatic nitrogens is 4. The van der Waals surface area contributed by atoms with Gasteiger partial charge in [0.15, 0.2) is 0 Å². The van der Waals surface area contributed by atoms with Gasteiger partial charge in [-0.3, -0.25) is 4.57 Å². The minimum absolute atomic E-state index is 0. The van der Waals surface area contributed by atoms with Gasteiger partial charge in [0.1, 0.15) is 0 Å². The standard InChI is InChI=1S/C71H49N4O.Pt/c1-71(2,3)51-25-17-29-54(44-51)74-65-42-39-50(59-34-20-35-62-60-31-13-14-36-64(60)75(70(59)62)52-26-11-6-12-27-52)43-63(65)61-41-40-56(46-68(61)74)76-55-30-18-28-53(45-55)72-47-73(67-38-16-15-37-66(67)72)69-57(48-21-7-4-8-22-48)32-19-33-58(69)49-23-9-5-10-24-49;/h4-28,30-44H,1-3H3;/q-3;+4/i4D,5D,7D,8D,9D,10D,21D,22D,23D,24D;. The molecule has 368 valence electrons. The average Bonchev–Trinajstić information content (AvgIpc) is 1.75. The van der Waals surface area contributed by atoms with Crippen molar-refractivity contribution in [3.8, 4) is 67.6 Å². The van der Waals surface area contributed by atoms with E-state index in [1.165, 1.54) is 5.39 Å². The molecular weight excluding hydrogens is 1120 g/mol. The molecule has 0 unspecified atom stereocenters. The van der Waals surface area contributed by atoms with E-state index in [1.54, 1.807) is 33.4 Å². The summed E-state index contributed by atoms with van der Waals surface area (Å²) in [5.74, 6) is 0.773. The van der Waals surface area contributed by atoms with Crippen LogP contribution < -0.4 is 9.30 Å². The molecule has 0 atom stereocenters. The SMILES string of the molecule is [2H]c1c([2H])c([2H])c(-c2cccc(-c3c([2H])c([2H])c([2H])c([2H])c3[2H])c2-[n+]2[c-]n(-c3[c-]c(Oc4[c-]c5c(cc4)c4cc(-c6cccc7c8ccccc8n(-c8ccccc8)c67)ccc4n5-c4[c-]ccc(C(C)(C)C)c4)ccc3)c3ccccc32)c([2H])c1[2H].[Pt+4]. The number of ether oxygens (including phenoxy) is 1. The van der Waals surface area contributed by atoms with Crippen LogP contribution in [-0.2, 0) is 26.5 Å². The zero-order valence-electron chi connectivity index (χ0n) is 51.8. The predicted octanol–water partition coefficient (Wildman–Crippen LogP) is 17.4. The maximum absolute atomic E-state index is 9.10. The van der Waals surface area contributed by atoms with E-state index in [0.29, 0.717) is 28.2 Å². The first-order valence-electron chi connectivity index (χ1n) is 30.0. The fourth-order valence-electron chi connectivity index (χ4n) is 10.7. The van der Waals surface area contributed by atoms with Crippen molar-refractivity contribution in [3.05, 3.63) is 273 Å². The molecule has 3 heterocycles. The van der Waals surface area contributed by atoms with Gasteiger partial charge < -0.3 is 18.4 Å². The normalized spacial score (nSPS) is 13.5. The number of rotatable bonds is 9. The van der Waals surface area contributed by atoms with Crippen molar-refractivity contribution in [3.63, 3.8) is 0 Å². The van der Waals surface area contributed by atoms with Gasteiger partial charge in [0, 0.05) is 39.0 Å². The van der Waals surface area contributed by atoms with Crippen LogP contribution in [0.1, 0.15) is 40.0 Å². The van der Waals surface area contributed by atoms with Crippen molar-refractivity contribution < 1.29 is 44.1 Å². The molecule has 0 saturated carbocycles. The number of para-hydroxylation sites is 6. The molecule has 0 aliphatic carbocycles. The largest absolute Gasteiger partial charge is 4.00 e. The molecule has 14 rings (SSSR count). The number of hydrogen-bond acceptors (Lipinski definition) is 1. The number of fused-ring (bicyclic) bond motifs is 7. The monoisotopic (exact) mass is 1180 g/mol. The Kier molecular flexibility index (Phi) is 9.43. The molecule has 3 aromatic heterocycles. The van der Waals surface area contributed by atoms with E-state index in [2.05, 4.69) is 158 Å². The topological polar surface area (TPSA) is 27.9 Å². The van der Waals surface area contributed by atoms with Crippen molar-refractivity contribution >= 4 is 54.6 Å². The van der Waals surface area contributed by atoms with Gasteiger partial charge in [0.05, 0.1) is 41.5 Å². The van der Waals surface area contributed by atoms with E-state index < -0.39 is 60.4 Å². The summed E-state index contributed by atoms with van der Waals surface area (Å²) in [5, 5.41) is 4.32. The Labute approximate surface area is 476 Å². The number of imidazole rings is 1. The summed E-state index contributed by atoms with van der Waals surface area (Å²) in [4.78, 5) is 0. The molecule has 0 bridgehead atoms. The second-order valence-electron chi connectivity index (χ2n) is 19.7. The Bertz CT molecular complexity index is 5020. The van der Waals surface area contributed by atoms with Crippen molar-refractivity contribution in [2.45, 2.75) is 26.2 Å². The Balaban J connectivity index is 0.00000700. The first kappa shape index (κ1) is 37.7. The van der Waals surface area contributed by atoms with E-state index in [-0.39, 0.29) is 54.4 Å². The van der Waals surface area contributed by atoms with Crippen LogP contribution >= 0.6 is 0 Å². The maximum atomic E-state index is 9.10. The first-order valence-corrected chi connectivity index (χ1v) is 25.0. The Morgan fingerprint density at radius 3 is 1.91 bits per heavy atom. The molecule has 6 heteroatoms. The molecule has 0 radical (unpaired) electrons. The van der Waals surface area contributed by atoms with Crippen molar-refractivity contribution in [2.24, 2.45) is 0 Å². The van der Waals surface area contributed by atoms with E-state index in [1.807, 2.05) is 54.6 Å². The minimum atomic E-state index is -0.576. The molecule has 0 spiro atoms. The molecule has 0 fully saturated rings. The summed E-state index contributed by atoms with van der Waals surface area (Å²) in [5.41, 5.74) is 10.8. The van der Waals surface area contributed by atoms with Crippen LogP contribution in [0.2, 0.25) is 0 Å². The number of benzene rings is 11. The second-order valence-corrected chi connectivity index (χ2v) is 19.7. The zero-order valence-corrected chi connectivity index (χ0v) is 44.1. The van der Waals surface area contributed by atoms with Crippen LogP contribution in [0, 0.1) is 24.5 Å². The fraction of sp³-hybridized carbons (Fsp3) is 0.0563. The Morgan fingerprint density at radius 2 is 1.14 bits per heavy atom. The second kappa shape index (κ2) is 19.3. The summed E-state index contributed by atoms with van der Waals surface area (Å²) < 4.78 is 102. The van der Waals surface area contributed by atoms with Gasteiger partial charge in [-0.05, 0) is 68.6 Å². The summed E-state index contributed by atoms with van der Waals surface area (Å²) >= 11 is 0. The smallest absolute Gasteiger partial charge is 0.510 e. The molecule has 0 aliphatic rings. The third-order valence-corrected chi connectivity index (χ3v) is 14.1. The number of hydrogen-bond donors (Lipinski definition) is 0. The molecular formula is C71H49N4OPt+. The van der Waals surface area contributed by atoms with Gasteiger partial charge in [-0.15, -0.1) is 35.7 Å². The van der Waals surface area contributed by atoms with Crippen LogP contribution in [0.25, 0.3) is 111 Å². The van der Waals surface area contributed by atoms with Gasteiger partial charge in [-0.25, -0.2) is 0 Å². The van der Waals surface area contributed by atoms with E-state index in [0.717, 1.165) is 66.3 Å². The van der Waals surface area contributed by atoms with Crippen LogP contribution in [0.5, 0.6) is 11.5 Å². The Morgan fingerprint density at radius 1 is 0.494 bits per heavy atom. The van der Waals surface area contributed by atoms with Crippen LogP contribution in [0.15, 0.2) is 242 Å². The quantitative estimate of drug-likeness (QED) is 0.105. The predicted molar refractivity (Wildman–Crippen MR) is 310 cm³/mol. The van der Waals surface area contributed by atoms with Crippen LogP contribution in [0.3, 0.4) is 0 Å². The van der Waals surface area contributed by atoms with Gasteiger partial charge in [0.25, 0.3) is 6.33 Å². The van der Waals surface area contributed by atoms with Crippen molar-refractivity contribution in [1.82, 2.24) is 13.7 Å². The van der Waals surface area contributed by atoms with Crippen molar-refractivity contribution in [1.29, 1.82) is 0 Å². The summed E-state index contributed by atoms with van der Waals surface area (Å²) in [6.45, 7) is 6.59. The van der Waals surface area contributed by atoms with Gasteiger partial charge in [0.2, 0.25) is 0 Å². The molecule has 14 aromatic rings. The fourth-order valence-corrected chi connectivity index (χ4v) is 10.7. The van der Waals surface area contributed by atoms with E-state index in [9.17, 15) is 0 Å². The molecule has 77 heavy (non-hydrogen) atoms. The maximum Gasteiger partial charge on any atom is 4.00 e. The molecule has 0 N–H and O–H groups in total. The first-order chi connectivity index (χ1) is 41.5. The molecule has 0 aliphatic heterocycles. The van der Waals surface area contributed by atoms with Crippen LogP contribution in [0.4, 0.5) is 0 Å². The molecule has 5 nitrogen and oxygen atoms in total. The molecule has 0 saturated heterocycles. The third-order valence-electron chi connectivity index (χ3n) is 14.1. The third kappa shape index (κ3) is 8.26. The van der Waals surface area contributed by atoms with Gasteiger partial charge in [-0.2, -0.15) is 42.0 Å². The molecule has 11 aromatic carbocycles. The summed E-state index contributed by atoms with van der Waals surface area (Å²) in [7, 11) is 0. The minimum Gasteiger partial charge on any atom is -0.510 e. The van der Waals surface area contributed by atoms with Crippen molar-refractivity contribution in [2.75, 3.05) is 0 Å². The van der Waals surface area contributed by atoms with E-state index >= 15 is 0 Å². The van der Waals surface area contributed by atoms with Gasteiger partial charge in [-0.1, -0.05) is 202 Å². The zero-order chi connectivity index (χ0) is 59.6. The average molecular weight is 1180 g/mol. The van der Waals surface area contributed by atoms with E-state index in [4.69, 9.17) is 18.4 Å². The van der Waals surface area contributed by atoms with Crippen LogP contribution in [-0.4, -0.2) is 13.7 Å². The molecule has 0 amide bonds. The summed E-state index contributed by atoms with van der Waals surface area (Å²) in [6.07, 6.45) is 3.44. The summed E-state index contributed by atoms with van der Waals surface area (Å²) in [6, 6.07) is 65.4.